The van der Waals surface area contributed by atoms with E-state index in [9.17, 15) is 10.2 Å². The van der Waals surface area contributed by atoms with Crippen molar-refractivity contribution < 1.29 is 19.7 Å². The Balaban J connectivity index is 4.32. The highest BCUT2D eigenvalue weighted by Gasteiger charge is 2.38. The Labute approximate surface area is 143 Å². The molecule has 0 aliphatic rings. The molecule has 0 rings (SSSR count). The van der Waals surface area contributed by atoms with Crippen LogP contribution in [0.5, 0.6) is 0 Å². The third kappa shape index (κ3) is 9.04. The first-order valence-corrected chi connectivity index (χ1v) is 8.77. The summed E-state index contributed by atoms with van der Waals surface area (Å²) in [6.45, 7) is 18.8. The molecule has 0 heterocycles. The van der Waals surface area contributed by atoms with Gasteiger partial charge < -0.3 is 19.7 Å². The summed E-state index contributed by atoms with van der Waals surface area (Å²) in [5, 5.41) is 19.8. The first-order chi connectivity index (χ1) is 10.1. The number of rotatable bonds is 10. The molecule has 0 aliphatic carbocycles. The summed E-state index contributed by atoms with van der Waals surface area (Å²) in [6.07, 6.45) is 2.23. The van der Waals surface area contributed by atoms with Crippen LogP contribution < -0.4 is 0 Å². The molecule has 0 aliphatic heterocycles. The molecule has 0 fully saturated rings. The lowest BCUT2D eigenvalue weighted by Crippen LogP contribution is -2.47. The molecule has 0 aromatic heterocycles. The Hall–Kier alpha value is -0.160. The third-order valence-corrected chi connectivity index (χ3v) is 4.78. The van der Waals surface area contributed by atoms with Crippen molar-refractivity contribution >= 4 is 0 Å². The molecule has 0 amide bonds. The Morgan fingerprint density at radius 1 is 0.826 bits per heavy atom. The van der Waals surface area contributed by atoms with E-state index in [4.69, 9.17) is 9.47 Å². The van der Waals surface area contributed by atoms with Crippen LogP contribution in [0.3, 0.4) is 0 Å². The second-order valence-corrected chi connectivity index (χ2v) is 9.29. The zero-order valence-corrected chi connectivity index (χ0v) is 16.8. The topological polar surface area (TPSA) is 58.9 Å². The van der Waals surface area contributed by atoms with Crippen molar-refractivity contribution in [1.29, 1.82) is 0 Å². The van der Waals surface area contributed by atoms with Gasteiger partial charge in [0.2, 0.25) is 0 Å². The number of aliphatic hydroxyl groups excluding tert-OH is 1. The van der Waals surface area contributed by atoms with E-state index in [1.807, 2.05) is 0 Å². The van der Waals surface area contributed by atoms with Crippen molar-refractivity contribution in [1.82, 2.24) is 0 Å². The highest BCUT2D eigenvalue weighted by Crippen LogP contribution is 2.38. The summed E-state index contributed by atoms with van der Waals surface area (Å²) in [5.74, 6) is 0. The van der Waals surface area contributed by atoms with Gasteiger partial charge in [0.05, 0.1) is 23.4 Å². The molecule has 2 N–H and O–H groups in total. The van der Waals surface area contributed by atoms with Crippen LogP contribution in [0.2, 0.25) is 0 Å². The van der Waals surface area contributed by atoms with E-state index < -0.39 is 11.7 Å². The summed E-state index contributed by atoms with van der Waals surface area (Å²) in [5.41, 5.74) is -1.65. The van der Waals surface area contributed by atoms with Crippen LogP contribution in [0.25, 0.3) is 0 Å². The van der Waals surface area contributed by atoms with Gasteiger partial charge >= 0.3 is 0 Å². The number of ether oxygens (including phenoxy) is 2. The van der Waals surface area contributed by atoms with Gasteiger partial charge in [0.15, 0.2) is 0 Å². The molecule has 4 nitrogen and oxygen atoms in total. The maximum absolute atomic E-state index is 9.95. The van der Waals surface area contributed by atoms with E-state index in [1.54, 1.807) is 13.8 Å². The summed E-state index contributed by atoms with van der Waals surface area (Å²) in [4.78, 5) is 0. The summed E-state index contributed by atoms with van der Waals surface area (Å²) < 4.78 is 11.7. The molecular formula is C19H40O4. The third-order valence-electron chi connectivity index (χ3n) is 4.78. The fourth-order valence-electron chi connectivity index (χ4n) is 2.03. The highest BCUT2D eigenvalue weighted by atomic mass is 16.5. The molecule has 23 heavy (non-hydrogen) atoms. The first kappa shape index (κ1) is 22.8. The average Bonchev–Trinajstić information content (AvgIpc) is 2.32. The van der Waals surface area contributed by atoms with Gasteiger partial charge in [0, 0.05) is 6.61 Å². The van der Waals surface area contributed by atoms with E-state index in [1.165, 1.54) is 0 Å². The van der Waals surface area contributed by atoms with E-state index in [0.29, 0.717) is 0 Å². The molecule has 0 saturated heterocycles. The Morgan fingerprint density at radius 2 is 1.35 bits per heavy atom. The van der Waals surface area contributed by atoms with Gasteiger partial charge in [-0.05, 0) is 66.7 Å². The number of hydrogen-bond donors (Lipinski definition) is 2. The van der Waals surface area contributed by atoms with Crippen molar-refractivity contribution in [3.63, 3.8) is 0 Å². The lowest BCUT2D eigenvalue weighted by molar-refractivity contribution is -0.155. The minimum Gasteiger partial charge on any atom is -0.388 e. The van der Waals surface area contributed by atoms with Crippen molar-refractivity contribution in [3.05, 3.63) is 0 Å². The first-order valence-electron chi connectivity index (χ1n) is 8.77. The monoisotopic (exact) mass is 332 g/mol. The fraction of sp³-hybridized carbons (Fsp3) is 1.00. The normalized spacial score (nSPS) is 15.8. The van der Waals surface area contributed by atoms with E-state index in [-0.39, 0.29) is 23.2 Å². The van der Waals surface area contributed by atoms with Crippen LogP contribution in [0.15, 0.2) is 0 Å². The predicted octanol–water partition coefficient (Wildman–Crippen LogP) is 3.93. The molecule has 0 spiro atoms. The van der Waals surface area contributed by atoms with Crippen LogP contribution in [-0.2, 0) is 9.47 Å². The molecule has 0 radical (unpaired) electrons. The van der Waals surface area contributed by atoms with Crippen molar-refractivity contribution in [2.75, 3.05) is 13.2 Å². The van der Waals surface area contributed by atoms with Crippen molar-refractivity contribution in [2.45, 2.75) is 104 Å². The van der Waals surface area contributed by atoms with Crippen molar-refractivity contribution in [2.24, 2.45) is 5.41 Å². The van der Waals surface area contributed by atoms with Crippen LogP contribution in [0.1, 0.15) is 81.6 Å². The van der Waals surface area contributed by atoms with E-state index in [2.05, 4.69) is 48.5 Å². The van der Waals surface area contributed by atoms with Crippen LogP contribution in [0, 0.1) is 5.41 Å². The zero-order valence-electron chi connectivity index (χ0n) is 16.8. The second kappa shape index (κ2) is 8.28. The molecule has 1 atom stereocenters. The van der Waals surface area contributed by atoms with E-state index >= 15 is 0 Å². The number of hydrogen-bond acceptors (Lipinski definition) is 4. The maximum atomic E-state index is 9.95. The van der Waals surface area contributed by atoms with Gasteiger partial charge in [-0.25, -0.2) is 0 Å². The molecule has 4 heteroatoms. The molecule has 0 aromatic rings. The van der Waals surface area contributed by atoms with Crippen LogP contribution in [0.4, 0.5) is 0 Å². The van der Waals surface area contributed by atoms with Gasteiger partial charge in [0.1, 0.15) is 6.10 Å². The smallest absolute Gasteiger partial charge is 0.105 e. The zero-order chi connectivity index (χ0) is 18.5. The number of unbranched alkanes of at least 4 members (excludes halogenated alkanes) is 1. The van der Waals surface area contributed by atoms with Gasteiger partial charge in [-0.3, -0.25) is 0 Å². The van der Waals surface area contributed by atoms with E-state index in [0.717, 1.165) is 25.9 Å². The van der Waals surface area contributed by atoms with Crippen LogP contribution >= 0.6 is 0 Å². The molecule has 1 unspecified atom stereocenters. The Kier molecular flexibility index (Phi) is 8.23. The molecule has 0 aromatic carbocycles. The van der Waals surface area contributed by atoms with Gasteiger partial charge in [-0.2, -0.15) is 0 Å². The highest BCUT2D eigenvalue weighted by molar-refractivity contribution is 4.89. The van der Waals surface area contributed by atoms with Gasteiger partial charge in [0.25, 0.3) is 0 Å². The summed E-state index contributed by atoms with van der Waals surface area (Å²) >= 11 is 0. The fourth-order valence-corrected chi connectivity index (χ4v) is 2.03. The largest absolute Gasteiger partial charge is 0.388 e. The molecular weight excluding hydrogens is 292 g/mol. The Bertz CT molecular complexity index is 334. The minimum atomic E-state index is -1.15. The molecule has 0 saturated carbocycles. The van der Waals surface area contributed by atoms with Gasteiger partial charge in [-0.1, -0.05) is 20.3 Å². The predicted molar refractivity (Wildman–Crippen MR) is 95.7 cm³/mol. The lowest BCUT2D eigenvalue weighted by Gasteiger charge is -2.43. The minimum absolute atomic E-state index is 0.0337. The van der Waals surface area contributed by atoms with Crippen LogP contribution in [-0.4, -0.2) is 46.3 Å². The Morgan fingerprint density at radius 3 is 1.78 bits per heavy atom. The van der Waals surface area contributed by atoms with Crippen molar-refractivity contribution in [3.8, 4) is 0 Å². The standard InChI is InChI=1S/C19H40O4/c1-16(2,3)22-13-11-10-12-17(4,5)19(8,9)23-14-15(20)18(6,7)21/h15,20-21H,10-14H2,1-9H3. The lowest BCUT2D eigenvalue weighted by atomic mass is 9.73. The molecule has 140 valence electrons. The SMILES string of the molecule is CC(C)(C)OCCCCC(C)(C)C(C)(C)OCC(O)C(C)(C)O. The summed E-state index contributed by atoms with van der Waals surface area (Å²) in [7, 11) is 0. The summed E-state index contributed by atoms with van der Waals surface area (Å²) in [6, 6.07) is 0. The average molecular weight is 333 g/mol. The maximum Gasteiger partial charge on any atom is 0.105 e. The molecule has 0 bridgehead atoms. The van der Waals surface area contributed by atoms with Gasteiger partial charge in [-0.15, -0.1) is 0 Å². The second-order valence-electron chi connectivity index (χ2n) is 9.29. The quantitative estimate of drug-likeness (QED) is 0.595. The number of aliphatic hydroxyl groups is 2.